The van der Waals surface area contributed by atoms with Gasteiger partial charge in [-0.1, -0.05) is 0 Å². The van der Waals surface area contributed by atoms with E-state index >= 15 is 0 Å². The van der Waals surface area contributed by atoms with Gasteiger partial charge < -0.3 is 0 Å². The van der Waals surface area contributed by atoms with E-state index in [0.717, 1.165) is 0 Å². The molecule has 0 bridgehead atoms. The fourth-order valence-corrected chi connectivity index (χ4v) is 0. The SMILES string of the molecule is O=S(=O)(O)C(S)(S)S. The third kappa shape index (κ3) is 2.49. The molecule has 0 fully saturated rings. The molecule has 0 aromatic carbocycles. The van der Waals surface area contributed by atoms with Crippen LogP contribution >= 0.6 is 37.9 Å². The third-order valence-electron chi connectivity index (χ3n) is 0.346. The molecule has 50 valence electrons. The van der Waals surface area contributed by atoms with Crippen molar-refractivity contribution in [1.29, 1.82) is 0 Å². The lowest BCUT2D eigenvalue weighted by atomic mass is 11.8. The van der Waals surface area contributed by atoms with Crippen molar-refractivity contribution in [1.82, 2.24) is 0 Å². The summed E-state index contributed by atoms with van der Waals surface area (Å²) in [5.41, 5.74) is 0. The van der Waals surface area contributed by atoms with Gasteiger partial charge in [0.05, 0.1) is 0 Å². The van der Waals surface area contributed by atoms with E-state index in [2.05, 4.69) is 37.9 Å². The molecule has 0 rings (SSSR count). The minimum absolute atomic E-state index is 1.95. The molecule has 7 heteroatoms. The molecule has 0 amide bonds. The van der Waals surface area contributed by atoms with Gasteiger partial charge in [0, 0.05) is 0 Å². The lowest BCUT2D eigenvalue weighted by molar-refractivity contribution is 0.485. The van der Waals surface area contributed by atoms with Gasteiger partial charge in [0.15, 0.2) is 0 Å². The summed E-state index contributed by atoms with van der Waals surface area (Å²) in [5, 5.41) is 0. The second-order valence-corrected chi connectivity index (χ2v) is 6.59. The Balaban J connectivity index is 4.53. The molecule has 0 aliphatic heterocycles. The smallest absolute Gasteiger partial charge is 0.283 e. The maximum Gasteiger partial charge on any atom is 0.299 e. The molecule has 0 aromatic heterocycles. The first-order valence-corrected chi connectivity index (χ1v) is 4.17. The molecule has 0 spiro atoms. The van der Waals surface area contributed by atoms with Crippen LogP contribution in [0.2, 0.25) is 0 Å². The predicted octanol–water partition coefficient (Wildman–Crippen LogP) is 0.275. The molecular formula is CH4O3S4. The van der Waals surface area contributed by atoms with Crippen molar-refractivity contribution in [2.45, 2.75) is 2.74 Å². The van der Waals surface area contributed by atoms with Gasteiger partial charge in [0.1, 0.15) is 0 Å². The van der Waals surface area contributed by atoms with Crippen molar-refractivity contribution < 1.29 is 13.0 Å². The van der Waals surface area contributed by atoms with Crippen LogP contribution in [-0.4, -0.2) is 15.7 Å². The Labute approximate surface area is 63.8 Å². The van der Waals surface area contributed by atoms with Gasteiger partial charge >= 0.3 is 0 Å². The molecular weight excluding hydrogens is 188 g/mol. The van der Waals surface area contributed by atoms with Gasteiger partial charge in [-0.25, -0.2) is 0 Å². The zero-order valence-electron chi connectivity index (χ0n) is 3.51. The zero-order valence-corrected chi connectivity index (χ0v) is 7.01. The number of hydrogen-bond donors (Lipinski definition) is 4. The molecule has 0 saturated carbocycles. The lowest BCUT2D eigenvalue weighted by Crippen LogP contribution is -2.17. The highest BCUT2D eigenvalue weighted by Crippen LogP contribution is 2.29. The van der Waals surface area contributed by atoms with Crippen LogP contribution in [0.3, 0.4) is 0 Å². The Bertz CT molecular complexity index is 160. The molecule has 0 aliphatic rings. The van der Waals surface area contributed by atoms with E-state index in [1.165, 1.54) is 0 Å². The summed E-state index contributed by atoms with van der Waals surface area (Å²) in [6.07, 6.45) is 0. The fourth-order valence-electron chi connectivity index (χ4n) is 0. The van der Waals surface area contributed by atoms with Gasteiger partial charge in [-0.15, -0.1) is 37.9 Å². The first-order chi connectivity index (χ1) is 3.25. The van der Waals surface area contributed by atoms with Gasteiger partial charge in [-0.2, -0.15) is 8.42 Å². The minimum atomic E-state index is -4.25. The zero-order chi connectivity index (χ0) is 7.00. The van der Waals surface area contributed by atoms with Crippen LogP contribution in [0.25, 0.3) is 0 Å². The average molecular weight is 192 g/mol. The topological polar surface area (TPSA) is 54.4 Å². The van der Waals surface area contributed by atoms with Gasteiger partial charge in [0.2, 0.25) is 2.74 Å². The Morgan fingerprint density at radius 3 is 1.38 bits per heavy atom. The number of hydrogen-bond acceptors (Lipinski definition) is 5. The highest BCUT2D eigenvalue weighted by molar-refractivity contribution is 8.32. The first-order valence-electron chi connectivity index (χ1n) is 1.39. The van der Waals surface area contributed by atoms with E-state index in [9.17, 15) is 8.42 Å². The molecule has 0 atom stereocenters. The normalized spacial score (nSPS) is 14.0. The third-order valence-corrected chi connectivity index (χ3v) is 3.11. The van der Waals surface area contributed by atoms with Crippen LogP contribution in [-0.2, 0) is 10.1 Å². The molecule has 0 aromatic rings. The molecule has 8 heavy (non-hydrogen) atoms. The van der Waals surface area contributed by atoms with E-state index in [1.807, 2.05) is 0 Å². The fraction of sp³-hybridized carbons (Fsp3) is 1.00. The van der Waals surface area contributed by atoms with Crippen LogP contribution in [0.1, 0.15) is 0 Å². The minimum Gasteiger partial charge on any atom is -0.283 e. The standard InChI is InChI=1S/CH4O3S4/c2-8(3,4)1(5,6)7/h5-7H,(H,2,3,4). The average Bonchev–Trinajstić information content (AvgIpc) is 1.25. The summed E-state index contributed by atoms with van der Waals surface area (Å²) in [5.74, 6) is 0. The van der Waals surface area contributed by atoms with Crippen molar-refractivity contribution >= 4 is 48.0 Å². The highest BCUT2D eigenvalue weighted by atomic mass is 32.3. The Hall–Kier alpha value is 0.960. The molecule has 3 nitrogen and oxygen atoms in total. The largest absolute Gasteiger partial charge is 0.299 e. The summed E-state index contributed by atoms with van der Waals surface area (Å²) in [4.78, 5) is 0. The maximum atomic E-state index is 9.98. The van der Waals surface area contributed by atoms with Crippen LogP contribution < -0.4 is 0 Å². The molecule has 0 aliphatic carbocycles. The lowest BCUT2D eigenvalue weighted by Gasteiger charge is -2.08. The number of thiol groups is 3. The van der Waals surface area contributed by atoms with Crippen LogP contribution in [0.4, 0.5) is 0 Å². The van der Waals surface area contributed by atoms with Crippen molar-refractivity contribution in [3.63, 3.8) is 0 Å². The van der Waals surface area contributed by atoms with E-state index in [-0.39, 0.29) is 0 Å². The Morgan fingerprint density at radius 1 is 1.25 bits per heavy atom. The van der Waals surface area contributed by atoms with Crippen molar-refractivity contribution in [2.24, 2.45) is 0 Å². The van der Waals surface area contributed by atoms with Gasteiger partial charge in [0.25, 0.3) is 10.1 Å². The van der Waals surface area contributed by atoms with E-state index in [0.29, 0.717) is 0 Å². The highest BCUT2D eigenvalue weighted by Gasteiger charge is 2.30. The molecule has 0 unspecified atom stereocenters. The summed E-state index contributed by atoms with van der Waals surface area (Å²) >= 11 is 9.98. The van der Waals surface area contributed by atoms with Gasteiger partial charge in [-0.05, 0) is 0 Å². The second kappa shape index (κ2) is 2.30. The second-order valence-electron chi connectivity index (χ2n) is 1.05. The van der Waals surface area contributed by atoms with Crippen molar-refractivity contribution in [3.05, 3.63) is 0 Å². The quantitative estimate of drug-likeness (QED) is 0.274. The Morgan fingerprint density at radius 2 is 1.38 bits per heavy atom. The van der Waals surface area contributed by atoms with E-state index < -0.39 is 12.9 Å². The molecule has 0 saturated heterocycles. The summed E-state index contributed by atoms with van der Waals surface area (Å²) in [7, 11) is -4.25. The monoisotopic (exact) mass is 192 g/mol. The molecule has 1 N–H and O–H groups in total. The number of rotatable bonds is 1. The van der Waals surface area contributed by atoms with Crippen molar-refractivity contribution in [3.8, 4) is 0 Å². The summed E-state index contributed by atoms with van der Waals surface area (Å²) in [6.45, 7) is 0. The van der Waals surface area contributed by atoms with E-state index in [1.54, 1.807) is 0 Å². The van der Waals surface area contributed by atoms with Crippen LogP contribution in [0.5, 0.6) is 0 Å². The predicted molar refractivity (Wildman–Crippen MR) is 41.2 cm³/mol. The van der Waals surface area contributed by atoms with Crippen molar-refractivity contribution in [2.75, 3.05) is 0 Å². The van der Waals surface area contributed by atoms with Crippen LogP contribution in [0, 0.1) is 0 Å². The van der Waals surface area contributed by atoms with Gasteiger partial charge in [-0.3, -0.25) is 4.55 Å². The first kappa shape index (κ1) is 8.96. The molecule has 0 heterocycles. The Kier molecular flexibility index (Phi) is 2.57. The van der Waals surface area contributed by atoms with E-state index in [4.69, 9.17) is 4.55 Å². The maximum absolute atomic E-state index is 9.98. The van der Waals surface area contributed by atoms with Crippen LogP contribution in [0.15, 0.2) is 0 Å². The summed E-state index contributed by atoms with van der Waals surface area (Å²) < 4.78 is 26.1. The summed E-state index contributed by atoms with van der Waals surface area (Å²) in [6, 6.07) is 0. The molecule has 0 radical (unpaired) electrons.